The van der Waals surface area contributed by atoms with Crippen LogP contribution in [0.1, 0.15) is 11.4 Å². The van der Waals surface area contributed by atoms with Crippen LogP contribution in [0.5, 0.6) is 0 Å². The smallest absolute Gasteiger partial charge is 0.141 e. The van der Waals surface area contributed by atoms with Gasteiger partial charge in [-0.3, -0.25) is 4.57 Å². The first-order chi connectivity index (χ1) is 9.34. The molecule has 94 valence electrons. The molecule has 4 heteroatoms. The SMILES string of the molecule is Nc1ccccc1Cc1nncn1-c1ccccc1. The van der Waals surface area contributed by atoms with E-state index in [0.29, 0.717) is 6.42 Å². The number of para-hydroxylation sites is 2. The van der Waals surface area contributed by atoms with Crippen LogP contribution < -0.4 is 5.73 Å². The molecule has 0 bridgehead atoms. The Hall–Kier alpha value is -2.62. The molecule has 19 heavy (non-hydrogen) atoms. The molecular weight excluding hydrogens is 236 g/mol. The molecule has 0 radical (unpaired) electrons. The van der Waals surface area contributed by atoms with Gasteiger partial charge in [-0.2, -0.15) is 0 Å². The maximum atomic E-state index is 5.97. The van der Waals surface area contributed by atoms with Crippen molar-refractivity contribution in [1.82, 2.24) is 14.8 Å². The molecule has 0 aliphatic rings. The van der Waals surface area contributed by atoms with E-state index in [0.717, 1.165) is 22.8 Å². The Morgan fingerprint density at radius 2 is 1.68 bits per heavy atom. The molecule has 0 fully saturated rings. The van der Waals surface area contributed by atoms with Gasteiger partial charge in [0.05, 0.1) is 0 Å². The normalized spacial score (nSPS) is 10.5. The Morgan fingerprint density at radius 1 is 0.947 bits per heavy atom. The Morgan fingerprint density at radius 3 is 2.47 bits per heavy atom. The summed E-state index contributed by atoms with van der Waals surface area (Å²) in [5, 5.41) is 8.18. The van der Waals surface area contributed by atoms with E-state index in [4.69, 9.17) is 5.73 Å². The molecule has 0 saturated heterocycles. The second-order valence-electron chi connectivity index (χ2n) is 4.33. The maximum absolute atomic E-state index is 5.97. The van der Waals surface area contributed by atoms with E-state index in [1.807, 2.05) is 59.2 Å². The first kappa shape index (κ1) is 11.5. The van der Waals surface area contributed by atoms with Crippen molar-refractivity contribution in [2.24, 2.45) is 0 Å². The average molecular weight is 250 g/mol. The van der Waals surface area contributed by atoms with Crippen molar-refractivity contribution < 1.29 is 0 Å². The predicted molar refractivity (Wildman–Crippen MR) is 75.0 cm³/mol. The molecule has 2 N–H and O–H groups in total. The Bertz CT molecular complexity index is 673. The fourth-order valence-electron chi connectivity index (χ4n) is 2.05. The zero-order valence-corrected chi connectivity index (χ0v) is 10.4. The second-order valence-corrected chi connectivity index (χ2v) is 4.33. The molecule has 3 rings (SSSR count). The van der Waals surface area contributed by atoms with Crippen LogP contribution in [0.2, 0.25) is 0 Å². The quantitative estimate of drug-likeness (QED) is 0.726. The topological polar surface area (TPSA) is 56.7 Å². The minimum Gasteiger partial charge on any atom is -0.398 e. The number of rotatable bonds is 3. The zero-order chi connectivity index (χ0) is 13.1. The van der Waals surface area contributed by atoms with Crippen LogP contribution in [0, 0.1) is 0 Å². The molecule has 0 aliphatic carbocycles. The van der Waals surface area contributed by atoms with Gasteiger partial charge in [-0.1, -0.05) is 36.4 Å². The van der Waals surface area contributed by atoms with E-state index in [9.17, 15) is 0 Å². The lowest BCUT2D eigenvalue weighted by Gasteiger charge is -2.08. The molecule has 0 amide bonds. The van der Waals surface area contributed by atoms with E-state index in [2.05, 4.69) is 10.2 Å². The van der Waals surface area contributed by atoms with E-state index >= 15 is 0 Å². The highest BCUT2D eigenvalue weighted by Gasteiger charge is 2.08. The van der Waals surface area contributed by atoms with E-state index < -0.39 is 0 Å². The molecule has 0 spiro atoms. The lowest BCUT2D eigenvalue weighted by molar-refractivity contribution is 0.907. The van der Waals surface area contributed by atoms with Crippen LogP contribution in [0.3, 0.4) is 0 Å². The number of hydrogen-bond donors (Lipinski definition) is 1. The van der Waals surface area contributed by atoms with Crippen LogP contribution in [0.25, 0.3) is 5.69 Å². The molecule has 4 nitrogen and oxygen atoms in total. The van der Waals surface area contributed by atoms with Crippen molar-refractivity contribution in [2.45, 2.75) is 6.42 Å². The zero-order valence-electron chi connectivity index (χ0n) is 10.4. The lowest BCUT2D eigenvalue weighted by atomic mass is 10.1. The summed E-state index contributed by atoms with van der Waals surface area (Å²) in [5.41, 5.74) is 8.87. The summed E-state index contributed by atoms with van der Waals surface area (Å²) in [7, 11) is 0. The maximum Gasteiger partial charge on any atom is 0.141 e. The summed E-state index contributed by atoms with van der Waals surface area (Å²) in [6, 6.07) is 17.9. The highest BCUT2D eigenvalue weighted by molar-refractivity contribution is 5.48. The number of nitrogen functional groups attached to an aromatic ring is 1. The number of aromatic nitrogens is 3. The van der Waals surface area contributed by atoms with Gasteiger partial charge in [-0.15, -0.1) is 10.2 Å². The Balaban J connectivity index is 1.96. The number of hydrogen-bond acceptors (Lipinski definition) is 3. The van der Waals surface area contributed by atoms with Crippen LogP contribution in [0.4, 0.5) is 5.69 Å². The molecule has 0 saturated carbocycles. The van der Waals surface area contributed by atoms with Gasteiger partial charge in [-0.25, -0.2) is 0 Å². The molecular formula is C15H14N4. The second kappa shape index (κ2) is 4.94. The highest BCUT2D eigenvalue weighted by atomic mass is 15.3. The van der Waals surface area contributed by atoms with E-state index in [-0.39, 0.29) is 0 Å². The van der Waals surface area contributed by atoms with Gasteiger partial charge in [0.15, 0.2) is 0 Å². The van der Waals surface area contributed by atoms with Crippen LogP contribution in [-0.4, -0.2) is 14.8 Å². The Labute approximate surface area is 111 Å². The third-order valence-corrected chi connectivity index (χ3v) is 3.06. The number of benzene rings is 2. The molecule has 1 aromatic heterocycles. The third-order valence-electron chi connectivity index (χ3n) is 3.06. The summed E-state index contributed by atoms with van der Waals surface area (Å²) in [6.07, 6.45) is 2.39. The van der Waals surface area contributed by atoms with Gasteiger partial charge >= 0.3 is 0 Å². The highest BCUT2D eigenvalue weighted by Crippen LogP contribution is 2.17. The fraction of sp³-hybridized carbons (Fsp3) is 0.0667. The summed E-state index contributed by atoms with van der Waals surface area (Å²) in [5.74, 6) is 0.879. The van der Waals surface area contributed by atoms with Gasteiger partial charge in [0.25, 0.3) is 0 Å². The third kappa shape index (κ3) is 2.33. The molecule has 0 aliphatic heterocycles. The van der Waals surface area contributed by atoms with E-state index in [1.165, 1.54) is 0 Å². The minimum atomic E-state index is 0.668. The number of nitrogens with two attached hydrogens (primary N) is 1. The van der Waals surface area contributed by atoms with Crippen molar-refractivity contribution in [3.8, 4) is 5.69 Å². The predicted octanol–water partition coefficient (Wildman–Crippen LogP) is 2.44. The van der Waals surface area contributed by atoms with Gasteiger partial charge < -0.3 is 5.73 Å². The van der Waals surface area contributed by atoms with Crippen molar-refractivity contribution in [1.29, 1.82) is 0 Å². The van der Waals surface area contributed by atoms with Crippen LogP contribution in [0.15, 0.2) is 60.9 Å². The molecule has 3 aromatic rings. The van der Waals surface area contributed by atoms with Gasteiger partial charge in [-0.05, 0) is 23.8 Å². The van der Waals surface area contributed by atoms with Gasteiger partial charge in [0, 0.05) is 17.8 Å². The average Bonchev–Trinajstić information content (AvgIpc) is 2.91. The van der Waals surface area contributed by atoms with Crippen molar-refractivity contribution in [3.05, 3.63) is 72.3 Å². The van der Waals surface area contributed by atoms with Crippen LogP contribution in [-0.2, 0) is 6.42 Å². The first-order valence-corrected chi connectivity index (χ1v) is 6.12. The van der Waals surface area contributed by atoms with Crippen molar-refractivity contribution in [2.75, 3.05) is 5.73 Å². The fourth-order valence-corrected chi connectivity index (χ4v) is 2.05. The number of anilines is 1. The monoisotopic (exact) mass is 250 g/mol. The van der Waals surface area contributed by atoms with E-state index in [1.54, 1.807) is 6.33 Å². The lowest BCUT2D eigenvalue weighted by Crippen LogP contribution is -2.03. The molecule has 1 heterocycles. The summed E-state index contributed by atoms with van der Waals surface area (Å²) in [4.78, 5) is 0. The van der Waals surface area contributed by atoms with Crippen molar-refractivity contribution in [3.63, 3.8) is 0 Å². The standard InChI is InChI=1S/C15H14N4/c16-14-9-5-4-6-12(14)10-15-18-17-11-19(15)13-7-2-1-3-8-13/h1-9,11H,10,16H2. The molecule has 2 aromatic carbocycles. The number of nitrogens with zero attached hydrogens (tertiary/aromatic N) is 3. The van der Waals surface area contributed by atoms with Crippen molar-refractivity contribution >= 4 is 5.69 Å². The molecule has 0 atom stereocenters. The Kier molecular flexibility index (Phi) is 2.98. The summed E-state index contributed by atoms with van der Waals surface area (Å²) >= 11 is 0. The summed E-state index contributed by atoms with van der Waals surface area (Å²) in [6.45, 7) is 0. The first-order valence-electron chi connectivity index (χ1n) is 6.12. The van der Waals surface area contributed by atoms with Crippen LogP contribution >= 0.6 is 0 Å². The molecule has 0 unspecified atom stereocenters. The van der Waals surface area contributed by atoms with Gasteiger partial charge in [0.2, 0.25) is 0 Å². The largest absolute Gasteiger partial charge is 0.398 e. The van der Waals surface area contributed by atoms with Gasteiger partial charge in [0.1, 0.15) is 12.2 Å². The minimum absolute atomic E-state index is 0.668. The summed E-state index contributed by atoms with van der Waals surface area (Å²) < 4.78 is 1.98.